The Morgan fingerprint density at radius 1 is 1.78 bits per heavy atom. The predicted octanol–water partition coefficient (Wildman–Crippen LogP) is 1.39. The van der Waals surface area contributed by atoms with Gasteiger partial charge in [0.15, 0.2) is 11.5 Å². The Morgan fingerprint density at radius 3 is 2.89 bits per heavy atom. The molecule has 0 unspecified atom stereocenters. The van der Waals surface area contributed by atoms with E-state index in [1.165, 1.54) is 13.2 Å². The lowest BCUT2D eigenvalue weighted by Gasteiger charge is -2.04. The summed E-state index contributed by atoms with van der Waals surface area (Å²) in [6.07, 6.45) is 5.96. The van der Waals surface area contributed by atoms with E-state index in [1.54, 1.807) is 6.08 Å². The highest BCUT2D eigenvalue weighted by atomic mass is 16.5. The summed E-state index contributed by atoms with van der Waals surface area (Å²) in [6, 6.07) is 0. The SMILES string of the molecule is CC(=O)C1=CCC=CO1. The van der Waals surface area contributed by atoms with Gasteiger partial charge in [-0.25, -0.2) is 0 Å². The molecule has 1 aliphatic rings. The number of Topliss-reactive ketones (excluding diaryl/α,β-unsaturated/α-hetero) is 1. The fourth-order valence-corrected chi connectivity index (χ4v) is 0.627. The van der Waals surface area contributed by atoms with Crippen LogP contribution in [0.25, 0.3) is 0 Å². The zero-order valence-corrected chi connectivity index (χ0v) is 5.26. The number of ether oxygens (including phenoxy) is 1. The maximum Gasteiger partial charge on any atom is 0.194 e. The number of hydrogen-bond acceptors (Lipinski definition) is 2. The average Bonchev–Trinajstić information content (AvgIpc) is 1.90. The van der Waals surface area contributed by atoms with Gasteiger partial charge in [-0.05, 0) is 18.6 Å². The molecule has 0 saturated carbocycles. The van der Waals surface area contributed by atoms with Crippen molar-refractivity contribution in [3.8, 4) is 0 Å². The van der Waals surface area contributed by atoms with Crippen LogP contribution < -0.4 is 0 Å². The summed E-state index contributed by atoms with van der Waals surface area (Å²) in [5.74, 6) is 0.442. The van der Waals surface area contributed by atoms with Gasteiger partial charge in [0.05, 0.1) is 6.26 Å². The van der Waals surface area contributed by atoms with Gasteiger partial charge in [-0.3, -0.25) is 4.79 Å². The third-order valence-electron chi connectivity index (χ3n) is 1.08. The molecule has 0 atom stereocenters. The van der Waals surface area contributed by atoms with Gasteiger partial charge in [0.1, 0.15) is 0 Å². The van der Waals surface area contributed by atoms with Crippen molar-refractivity contribution >= 4 is 5.78 Å². The second-order valence-corrected chi connectivity index (χ2v) is 1.85. The Morgan fingerprint density at radius 2 is 2.56 bits per heavy atom. The molecule has 0 fully saturated rings. The third kappa shape index (κ3) is 1.42. The first-order valence-corrected chi connectivity index (χ1v) is 2.83. The van der Waals surface area contributed by atoms with Crippen molar-refractivity contribution in [2.75, 3.05) is 0 Å². The van der Waals surface area contributed by atoms with Gasteiger partial charge < -0.3 is 4.74 Å². The largest absolute Gasteiger partial charge is 0.462 e. The number of allylic oxidation sites excluding steroid dienone is 3. The van der Waals surface area contributed by atoms with Crippen LogP contribution in [0.15, 0.2) is 24.2 Å². The zero-order chi connectivity index (χ0) is 6.69. The number of carbonyl (C=O) groups excluding carboxylic acids is 1. The molecule has 1 rings (SSSR count). The van der Waals surface area contributed by atoms with E-state index in [1.807, 2.05) is 6.08 Å². The van der Waals surface area contributed by atoms with Crippen LogP contribution in [0.1, 0.15) is 13.3 Å². The molecule has 0 aromatic carbocycles. The molecule has 2 nitrogen and oxygen atoms in total. The van der Waals surface area contributed by atoms with Crippen molar-refractivity contribution < 1.29 is 9.53 Å². The highest BCUT2D eigenvalue weighted by molar-refractivity contribution is 5.91. The molecule has 0 N–H and O–H groups in total. The molecule has 0 spiro atoms. The average molecular weight is 124 g/mol. The van der Waals surface area contributed by atoms with Crippen LogP contribution in [0.4, 0.5) is 0 Å². The summed E-state index contributed by atoms with van der Waals surface area (Å²) in [4.78, 5) is 10.6. The standard InChI is InChI=1S/C7H8O2/c1-6(8)7-4-2-3-5-9-7/h3-5H,2H2,1H3. The molecule has 0 aromatic heterocycles. The monoisotopic (exact) mass is 124 g/mol. The molecule has 0 aromatic rings. The second kappa shape index (κ2) is 2.49. The van der Waals surface area contributed by atoms with Gasteiger partial charge in [0.2, 0.25) is 0 Å². The lowest BCUT2D eigenvalue weighted by atomic mass is 10.2. The zero-order valence-electron chi connectivity index (χ0n) is 5.26. The van der Waals surface area contributed by atoms with Crippen LogP contribution in [-0.4, -0.2) is 5.78 Å². The lowest BCUT2D eigenvalue weighted by molar-refractivity contribution is -0.116. The van der Waals surface area contributed by atoms with Crippen molar-refractivity contribution in [3.05, 3.63) is 24.2 Å². The maximum atomic E-state index is 10.6. The smallest absolute Gasteiger partial charge is 0.194 e. The van der Waals surface area contributed by atoms with E-state index in [0.29, 0.717) is 5.76 Å². The summed E-state index contributed by atoms with van der Waals surface area (Å²) in [6.45, 7) is 1.49. The first-order valence-electron chi connectivity index (χ1n) is 2.83. The molecular formula is C7H8O2. The van der Waals surface area contributed by atoms with Crippen LogP contribution in [0.3, 0.4) is 0 Å². The number of carbonyl (C=O) groups is 1. The van der Waals surface area contributed by atoms with Gasteiger partial charge in [0.25, 0.3) is 0 Å². The Labute approximate surface area is 53.8 Å². The van der Waals surface area contributed by atoms with Crippen LogP contribution >= 0.6 is 0 Å². The second-order valence-electron chi connectivity index (χ2n) is 1.85. The minimum absolute atomic E-state index is 0.0145. The van der Waals surface area contributed by atoms with E-state index in [9.17, 15) is 4.79 Å². The molecule has 0 radical (unpaired) electrons. The van der Waals surface area contributed by atoms with Gasteiger partial charge in [0, 0.05) is 6.92 Å². The van der Waals surface area contributed by atoms with Gasteiger partial charge in [-0.15, -0.1) is 0 Å². The van der Waals surface area contributed by atoms with Crippen LogP contribution in [0, 0.1) is 0 Å². The predicted molar refractivity (Wildman–Crippen MR) is 33.6 cm³/mol. The Bertz CT molecular complexity index is 177. The fourth-order valence-electron chi connectivity index (χ4n) is 0.627. The van der Waals surface area contributed by atoms with E-state index in [0.717, 1.165) is 6.42 Å². The van der Waals surface area contributed by atoms with Crippen LogP contribution in [-0.2, 0) is 9.53 Å². The normalized spacial score (nSPS) is 16.3. The van der Waals surface area contributed by atoms with Crippen molar-refractivity contribution in [3.63, 3.8) is 0 Å². The van der Waals surface area contributed by atoms with Crippen LogP contribution in [0.5, 0.6) is 0 Å². The molecule has 0 saturated heterocycles. The summed E-state index contributed by atoms with van der Waals surface area (Å²) < 4.78 is 4.87. The molecule has 48 valence electrons. The molecule has 9 heavy (non-hydrogen) atoms. The first kappa shape index (κ1) is 6.08. The van der Waals surface area contributed by atoms with Crippen LogP contribution in [0.2, 0.25) is 0 Å². The lowest BCUT2D eigenvalue weighted by Crippen LogP contribution is -1.99. The highest BCUT2D eigenvalue weighted by Crippen LogP contribution is 2.07. The number of hydrogen-bond donors (Lipinski definition) is 0. The van der Waals surface area contributed by atoms with Gasteiger partial charge in [-0.2, -0.15) is 0 Å². The molecule has 1 heterocycles. The van der Waals surface area contributed by atoms with E-state index >= 15 is 0 Å². The van der Waals surface area contributed by atoms with E-state index in [-0.39, 0.29) is 5.78 Å². The fraction of sp³-hybridized carbons (Fsp3) is 0.286. The Balaban J connectivity index is 2.61. The maximum absolute atomic E-state index is 10.6. The number of rotatable bonds is 1. The Hall–Kier alpha value is -1.05. The first-order chi connectivity index (χ1) is 4.30. The minimum Gasteiger partial charge on any atom is -0.462 e. The van der Waals surface area contributed by atoms with Crippen molar-refractivity contribution in [1.82, 2.24) is 0 Å². The topological polar surface area (TPSA) is 26.3 Å². The quantitative estimate of drug-likeness (QED) is 0.528. The third-order valence-corrected chi connectivity index (χ3v) is 1.08. The summed E-state index contributed by atoms with van der Waals surface area (Å²) in [5.41, 5.74) is 0. The van der Waals surface area contributed by atoms with E-state index in [4.69, 9.17) is 4.74 Å². The molecule has 2 heteroatoms. The molecule has 0 aliphatic carbocycles. The summed E-state index contributed by atoms with van der Waals surface area (Å²) >= 11 is 0. The van der Waals surface area contributed by atoms with Gasteiger partial charge >= 0.3 is 0 Å². The Kier molecular flexibility index (Phi) is 1.68. The molecule has 0 amide bonds. The van der Waals surface area contributed by atoms with Crippen molar-refractivity contribution in [2.45, 2.75) is 13.3 Å². The molecule has 1 aliphatic heterocycles. The van der Waals surface area contributed by atoms with Crippen molar-refractivity contribution in [1.29, 1.82) is 0 Å². The summed E-state index contributed by atoms with van der Waals surface area (Å²) in [5, 5.41) is 0. The molecular weight excluding hydrogens is 116 g/mol. The van der Waals surface area contributed by atoms with E-state index in [2.05, 4.69) is 0 Å². The van der Waals surface area contributed by atoms with Crippen molar-refractivity contribution in [2.24, 2.45) is 0 Å². The highest BCUT2D eigenvalue weighted by Gasteiger charge is 2.03. The van der Waals surface area contributed by atoms with Gasteiger partial charge in [-0.1, -0.05) is 0 Å². The summed E-state index contributed by atoms with van der Waals surface area (Å²) in [7, 11) is 0. The molecule has 0 bridgehead atoms. The van der Waals surface area contributed by atoms with E-state index < -0.39 is 0 Å². The minimum atomic E-state index is -0.0145. The number of ketones is 1.